The topological polar surface area (TPSA) is 71.0 Å². The number of ether oxygens (including phenoxy) is 1. The quantitative estimate of drug-likeness (QED) is 0.206. The molecule has 212 valence electrons. The van der Waals surface area contributed by atoms with Gasteiger partial charge in [0.05, 0.1) is 16.3 Å². The number of thioether (sulfide) groups is 1. The highest BCUT2D eigenvalue weighted by atomic mass is 32.2. The van der Waals surface area contributed by atoms with Crippen LogP contribution in [-0.2, 0) is 22.4 Å². The van der Waals surface area contributed by atoms with E-state index >= 15 is 0 Å². The third-order valence-electron chi connectivity index (χ3n) is 6.86. The SMILES string of the molecule is CCc1ccc(N=C2S/C(=C\c3ccc(OCC(=O)Nc4ccc(C)cc4)cc3)C(=O)N2c2ccc(CC)cc2)cc1. The third-order valence-corrected chi connectivity index (χ3v) is 7.83. The summed E-state index contributed by atoms with van der Waals surface area (Å²) in [6.45, 7) is 6.12. The van der Waals surface area contributed by atoms with E-state index in [1.165, 1.54) is 22.9 Å². The second-order valence-corrected chi connectivity index (χ2v) is 11.0. The number of rotatable bonds is 9. The third kappa shape index (κ3) is 7.17. The lowest BCUT2D eigenvalue weighted by Gasteiger charge is -2.16. The van der Waals surface area contributed by atoms with E-state index in [0.717, 1.165) is 41.0 Å². The molecule has 6 nitrogen and oxygen atoms in total. The van der Waals surface area contributed by atoms with Crippen molar-refractivity contribution in [2.75, 3.05) is 16.8 Å². The van der Waals surface area contributed by atoms with E-state index in [0.29, 0.717) is 15.8 Å². The molecule has 0 aliphatic carbocycles. The van der Waals surface area contributed by atoms with Crippen LogP contribution >= 0.6 is 11.8 Å². The number of carbonyl (C=O) groups is 2. The van der Waals surface area contributed by atoms with E-state index in [1.807, 2.05) is 85.8 Å². The van der Waals surface area contributed by atoms with E-state index in [2.05, 4.69) is 31.3 Å². The van der Waals surface area contributed by atoms with Gasteiger partial charge in [-0.3, -0.25) is 14.5 Å². The number of amidine groups is 1. The summed E-state index contributed by atoms with van der Waals surface area (Å²) in [5.74, 6) is 0.208. The molecule has 0 bridgehead atoms. The monoisotopic (exact) mass is 575 g/mol. The van der Waals surface area contributed by atoms with Crippen LogP contribution in [0.4, 0.5) is 17.1 Å². The van der Waals surface area contributed by atoms with Crippen molar-refractivity contribution in [2.45, 2.75) is 33.6 Å². The van der Waals surface area contributed by atoms with Crippen LogP contribution < -0.4 is 15.0 Å². The molecule has 0 atom stereocenters. The predicted octanol–water partition coefficient (Wildman–Crippen LogP) is 7.95. The van der Waals surface area contributed by atoms with Gasteiger partial charge in [-0.25, -0.2) is 4.99 Å². The fourth-order valence-electron chi connectivity index (χ4n) is 4.37. The highest BCUT2D eigenvalue weighted by molar-refractivity contribution is 8.19. The predicted molar refractivity (Wildman–Crippen MR) is 174 cm³/mol. The molecule has 1 saturated heterocycles. The summed E-state index contributed by atoms with van der Waals surface area (Å²) in [5, 5.41) is 3.44. The summed E-state index contributed by atoms with van der Waals surface area (Å²) in [6.07, 6.45) is 3.74. The van der Waals surface area contributed by atoms with Gasteiger partial charge in [-0.05, 0) is 103 Å². The Morgan fingerprint density at radius 2 is 1.48 bits per heavy atom. The van der Waals surface area contributed by atoms with Crippen molar-refractivity contribution in [3.8, 4) is 5.75 Å². The Kier molecular flexibility index (Phi) is 9.19. The minimum absolute atomic E-state index is 0.104. The lowest BCUT2D eigenvalue weighted by atomic mass is 10.1. The molecule has 1 aliphatic rings. The Morgan fingerprint density at radius 3 is 2.10 bits per heavy atom. The molecule has 7 heteroatoms. The van der Waals surface area contributed by atoms with Gasteiger partial charge in [-0.1, -0.05) is 67.9 Å². The number of anilines is 2. The molecule has 4 aromatic carbocycles. The summed E-state index contributed by atoms with van der Waals surface area (Å²) in [7, 11) is 0. The molecule has 2 amide bonds. The molecule has 1 fully saturated rings. The van der Waals surface area contributed by atoms with Gasteiger partial charge in [0, 0.05) is 5.69 Å². The first-order valence-electron chi connectivity index (χ1n) is 14.0. The minimum atomic E-state index is -0.235. The summed E-state index contributed by atoms with van der Waals surface area (Å²) in [4.78, 5) is 33.0. The molecule has 5 rings (SSSR count). The lowest BCUT2D eigenvalue weighted by Crippen LogP contribution is -2.28. The number of nitrogens with zero attached hydrogens (tertiary/aromatic N) is 2. The fraction of sp³-hybridized carbons (Fsp3) is 0.171. The standard InChI is InChI=1S/C35H33N3O3S/c1-4-25-8-16-29(17-9-25)37-35-38(30-18-10-26(5-2)11-19-30)34(40)32(42-35)22-27-12-20-31(21-13-27)41-23-33(39)36-28-14-6-24(3)7-15-28/h6-22H,4-5,23H2,1-3H3,(H,36,39)/b32-22-,37-35?. The van der Waals surface area contributed by atoms with Crippen molar-refractivity contribution in [1.82, 2.24) is 0 Å². The maximum atomic E-state index is 13.7. The van der Waals surface area contributed by atoms with Gasteiger partial charge in [0.25, 0.3) is 11.8 Å². The number of hydrogen-bond donors (Lipinski definition) is 1. The Morgan fingerprint density at radius 1 is 0.857 bits per heavy atom. The van der Waals surface area contributed by atoms with Crippen LogP contribution in [0.5, 0.6) is 5.75 Å². The Hall–Kier alpha value is -4.62. The molecular weight excluding hydrogens is 542 g/mol. The molecule has 0 unspecified atom stereocenters. The van der Waals surface area contributed by atoms with E-state index in [-0.39, 0.29) is 18.4 Å². The highest BCUT2D eigenvalue weighted by Gasteiger charge is 2.34. The molecule has 1 heterocycles. The zero-order valence-electron chi connectivity index (χ0n) is 24.0. The summed E-state index contributed by atoms with van der Waals surface area (Å²) < 4.78 is 5.67. The number of amides is 2. The average molecular weight is 576 g/mol. The summed E-state index contributed by atoms with van der Waals surface area (Å²) in [6, 6.07) is 31.0. The Labute approximate surface area is 251 Å². The van der Waals surface area contributed by atoms with Gasteiger partial charge in [0.1, 0.15) is 5.75 Å². The number of carbonyl (C=O) groups excluding carboxylic acids is 2. The molecule has 42 heavy (non-hydrogen) atoms. The maximum absolute atomic E-state index is 13.7. The van der Waals surface area contributed by atoms with Crippen molar-refractivity contribution in [1.29, 1.82) is 0 Å². The van der Waals surface area contributed by atoms with Crippen LogP contribution in [0.25, 0.3) is 6.08 Å². The van der Waals surface area contributed by atoms with E-state index < -0.39 is 0 Å². The van der Waals surface area contributed by atoms with Crippen LogP contribution in [0, 0.1) is 6.92 Å². The second-order valence-electron chi connectivity index (χ2n) is 9.96. The van der Waals surface area contributed by atoms with Crippen molar-refractivity contribution in [3.05, 3.63) is 124 Å². The minimum Gasteiger partial charge on any atom is -0.484 e. The molecule has 0 aromatic heterocycles. The number of nitrogens with one attached hydrogen (secondary N) is 1. The average Bonchev–Trinajstić information content (AvgIpc) is 3.32. The fourth-order valence-corrected chi connectivity index (χ4v) is 5.37. The number of aliphatic imine (C=N–C) groups is 1. The smallest absolute Gasteiger partial charge is 0.271 e. The first kappa shape index (κ1) is 28.9. The van der Waals surface area contributed by atoms with Crippen molar-refractivity contribution < 1.29 is 14.3 Å². The van der Waals surface area contributed by atoms with Crippen LogP contribution in [0.1, 0.15) is 36.1 Å². The van der Waals surface area contributed by atoms with Gasteiger partial charge in [-0.2, -0.15) is 0 Å². The van der Waals surface area contributed by atoms with Crippen molar-refractivity contribution in [2.24, 2.45) is 4.99 Å². The second kappa shape index (κ2) is 13.4. The Balaban J connectivity index is 1.31. The van der Waals surface area contributed by atoms with Crippen LogP contribution in [0.15, 0.2) is 107 Å². The van der Waals surface area contributed by atoms with Crippen LogP contribution in [0.3, 0.4) is 0 Å². The van der Waals surface area contributed by atoms with E-state index in [9.17, 15) is 9.59 Å². The van der Waals surface area contributed by atoms with E-state index in [4.69, 9.17) is 9.73 Å². The largest absolute Gasteiger partial charge is 0.484 e. The van der Waals surface area contributed by atoms with Gasteiger partial charge < -0.3 is 10.1 Å². The molecular formula is C35H33N3O3S. The van der Waals surface area contributed by atoms with Crippen LogP contribution in [0.2, 0.25) is 0 Å². The normalized spacial score (nSPS) is 14.9. The van der Waals surface area contributed by atoms with Crippen molar-refractivity contribution in [3.63, 3.8) is 0 Å². The van der Waals surface area contributed by atoms with Gasteiger partial charge in [-0.15, -0.1) is 0 Å². The zero-order valence-corrected chi connectivity index (χ0v) is 24.8. The number of aryl methyl sites for hydroxylation is 3. The molecule has 0 spiro atoms. The van der Waals surface area contributed by atoms with Crippen molar-refractivity contribution >= 4 is 51.9 Å². The van der Waals surface area contributed by atoms with Crippen LogP contribution in [-0.4, -0.2) is 23.6 Å². The first-order valence-corrected chi connectivity index (χ1v) is 14.8. The lowest BCUT2D eigenvalue weighted by molar-refractivity contribution is -0.118. The maximum Gasteiger partial charge on any atom is 0.271 e. The van der Waals surface area contributed by atoms with Gasteiger partial charge >= 0.3 is 0 Å². The van der Waals surface area contributed by atoms with Gasteiger partial charge in [0.2, 0.25) is 0 Å². The molecule has 1 aliphatic heterocycles. The summed E-state index contributed by atoms with van der Waals surface area (Å²) >= 11 is 1.35. The number of hydrogen-bond acceptors (Lipinski definition) is 5. The molecule has 0 saturated carbocycles. The molecule has 1 N–H and O–H groups in total. The summed E-state index contributed by atoms with van der Waals surface area (Å²) in [5.41, 5.74) is 6.72. The first-order chi connectivity index (χ1) is 20.4. The highest BCUT2D eigenvalue weighted by Crippen LogP contribution is 2.37. The zero-order chi connectivity index (χ0) is 29.5. The van der Waals surface area contributed by atoms with E-state index in [1.54, 1.807) is 17.0 Å². The number of benzene rings is 4. The molecule has 0 radical (unpaired) electrons. The molecule has 4 aromatic rings. The Bertz CT molecular complexity index is 1610. The van der Waals surface area contributed by atoms with Gasteiger partial charge in [0.15, 0.2) is 11.8 Å².